The minimum atomic E-state index is -0.481. The molecule has 0 heterocycles. The molecule has 0 atom stereocenters. The summed E-state index contributed by atoms with van der Waals surface area (Å²) in [4.78, 5) is 16.4. The lowest BCUT2D eigenvalue weighted by Crippen LogP contribution is -2.24. The number of nitrogens with one attached hydrogen (secondary N) is 1. The monoisotopic (exact) mass is 243 g/mol. The van der Waals surface area contributed by atoms with E-state index in [1.807, 2.05) is 6.92 Å². The molecule has 0 aliphatic heterocycles. The van der Waals surface area contributed by atoms with Gasteiger partial charge in [-0.2, -0.15) is 0 Å². The van der Waals surface area contributed by atoms with Crippen molar-refractivity contribution in [2.24, 2.45) is 0 Å². The average molecular weight is 244 g/mol. The lowest BCUT2D eigenvalue weighted by atomic mass is 10.2. The van der Waals surface area contributed by atoms with Crippen LogP contribution in [0.3, 0.4) is 0 Å². The minimum Gasteiger partial charge on any atom is -0.507 e. The molecule has 0 bridgehead atoms. The molecule has 0 spiro atoms. The molecule has 1 aromatic rings. The van der Waals surface area contributed by atoms with Crippen molar-refractivity contribution in [2.75, 3.05) is 6.61 Å². The topological polar surface area (TPSA) is 58.6 Å². The predicted octanol–water partition coefficient (Wildman–Crippen LogP) is 2.51. The number of benzene rings is 1. The summed E-state index contributed by atoms with van der Waals surface area (Å²) in [5.74, 6) is -0.644. The van der Waals surface area contributed by atoms with Gasteiger partial charge < -0.3 is 5.11 Å². The van der Waals surface area contributed by atoms with E-state index in [1.54, 1.807) is 0 Å². The SMILES string of the molecule is CCCCONC(=O)c1ccc(Cl)cc1O. The number of halogens is 1. The van der Waals surface area contributed by atoms with Crippen LogP contribution < -0.4 is 5.48 Å². The molecule has 1 aromatic carbocycles. The maximum atomic E-state index is 11.5. The normalized spacial score (nSPS) is 10.1. The Hall–Kier alpha value is -1.26. The molecule has 5 heteroatoms. The second-order valence-corrected chi connectivity index (χ2v) is 3.73. The first-order valence-corrected chi connectivity index (χ1v) is 5.43. The largest absolute Gasteiger partial charge is 0.507 e. The van der Waals surface area contributed by atoms with Crippen LogP contribution in [0.4, 0.5) is 0 Å². The maximum absolute atomic E-state index is 11.5. The number of unbranched alkanes of at least 4 members (excludes halogenated alkanes) is 1. The number of amides is 1. The Labute approximate surface area is 99.1 Å². The van der Waals surface area contributed by atoms with Crippen LogP contribution in [0.5, 0.6) is 5.75 Å². The summed E-state index contributed by atoms with van der Waals surface area (Å²) in [6.45, 7) is 2.48. The van der Waals surface area contributed by atoms with Crippen molar-refractivity contribution in [3.63, 3.8) is 0 Å². The van der Waals surface area contributed by atoms with Gasteiger partial charge in [0.05, 0.1) is 12.2 Å². The molecule has 1 rings (SSSR count). The molecule has 88 valence electrons. The van der Waals surface area contributed by atoms with Gasteiger partial charge in [-0.25, -0.2) is 5.48 Å². The molecule has 0 aliphatic rings. The summed E-state index contributed by atoms with van der Waals surface area (Å²) in [6, 6.07) is 4.28. The fourth-order valence-electron chi connectivity index (χ4n) is 1.08. The molecule has 16 heavy (non-hydrogen) atoms. The van der Waals surface area contributed by atoms with E-state index in [1.165, 1.54) is 18.2 Å². The van der Waals surface area contributed by atoms with Gasteiger partial charge in [-0.1, -0.05) is 24.9 Å². The molecule has 0 radical (unpaired) electrons. The average Bonchev–Trinajstić information content (AvgIpc) is 2.24. The summed E-state index contributed by atoms with van der Waals surface area (Å²) in [6.07, 6.45) is 1.86. The molecular formula is C11H14ClNO3. The van der Waals surface area contributed by atoms with Gasteiger partial charge in [0.2, 0.25) is 0 Å². The van der Waals surface area contributed by atoms with E-state index in [2.05, 4.69) is 5.48 Å². The van der Waals surface area contributed by atoms with Gasteiger partial charge in [0.25, 0.3) is 5.91 Å². The molecule has 0 saturated heterocycles. The van der Waals surface area contributed by atoms with Crippen LogP contribution in [0, 0.1) is 0 Å². The molecule has 0 fully saturated rings. The van der Waals surface area contributed by atoms with E-state index in [0.717, 1.165) is 12.8 Å². The van der Waals surface area contributed by atoms with Crippen molar-refractivity contribution in [3.05, 3.63) is 28.8 Å². The van der Waals surface area contributed by atoms with Crippen molar-refractivity contribution >= 4 is 17.5 Å². The quantitative estimate of drug-likeness (QED) is 0.617. The van der Waals surface area contributed by atoms with Gasteiger partial charge in [-0.3, -0.25) is 9.63 Å². The Kier molecular flexibility index (Phi) is 5.08. The first-order chi connectivity index (χ1) is 7.65. The van der Waals surface area contributed by atoms with Crippen LogP contribution in [-0.2, 0) is 4.84 Å². The van der Waals surface area contributed by atoms with Crippen molar-refractivity contribution < 1.29 is 14.7 Å². The van der Waals surface area contributed by atoms with Crippen LogP contribution in [0.2, 0.25) is 5.02 Å². The Bertz CT molecular complexity index is 368. The zero-order valence-electron chi connectivity index (χ0n) is 9.00. The van der Waals surface area contributed by atoms with Crippen LogP contribution in [0.15, 0.2) is 18.2 Å². The number of hydroxylamine groups is 1. The van der Waals surface area contributed by atoms with Crippen LogP contribution in [0.25, 0.3) is 0 Å². The van der Waals surface area contributed by atoms with Crippen molar-refractivity contribution in [1.29, 1.82) is 0 Å². The Morgan fingerprint density at radius 3 is 2.94 bits per heavy atom. The number of aromatic hydroxyl groups is 1. The van der Waals surface area contributed by atoms with Crippen molar-refractivity contribution in [3.8, 4) is 5.75 Å². The van der Waals surface area contributed by atoms with Crippen molar-refractivity contribution in [2.45, 2.75) is 19.8 Å². The van der Waals surface area contributed by atoms with E-state index in [9.17, 15) is 9.90 Å². The van der Waals surface area contributed by atoms with Crippen LogP contribution >= 0.6 is 11.6 Å². The first-order valence-electron chi connectivity index (χ1n) is 5.05. The summed E-state index contributed by atoms with van der Waals surface area (Å²) < 4.78 is 0. The fourth-order valence-corrected chi connectivity index (χ4v) is 1.25. The first kappa shape index (κ1) is 12.8. The van der Waals surface area contributed by atoms with E-state index in [0.29, 0.717) is 11.6 Å². The highest BCUT2D eigenvalue weighted by Gasteiger charge is 2.10. The maximum Gasteiger partial charge on any atom is 0.278 e. The Morgan fingerprint density at radius 2 is 2.31 bits per heavy atom. The number of hydrogen-bond donors (Lipinski definition) is 2. The van der Waals surface area contributed by atoms with Crippen molar-refractivity contribution in [1.82, 2.24) is 5.48 Å². The zero-order valence-corrected chi connectivity index (χ0v) is 9.75. The molecule has 0 unspecified atom stereocenters. The number of carbonyl (C=O) groups excluding carboxylic acids is 1. The fraction of sp³-hybridized carbons (Fsp3) is 0.364. The molecular weight excluding hydrogens is 230 g/mol. The highest BCUT2D eigenvalue weighted by atomic mass is 35.5. The summed E-state index contributed by atoms with van der Waals surface area (Å²) in [5, 5.41) is 9.84. The number of carbonyl (C=O) groups is 1. The second kappa shape index (κ2) is 6.35. The Balaban J connectivity index is 2.53. The van der Waals surface area contributed by atoms with Crippen LogP contribution in [0.1, 0.15) is 30.1 Å². The van der Waals surface area contributed by atoms with Gasteiger partial charge in [0, 0.05) is 5.02 Å². The molecule has 0 saturated carbocycles. The molecule has 1 amide bonds. The smallest absolute Gasteiger partial charge is 0.278 e. The number of rotatable bonds is 5. The van der Waals surface area contributed by atoms with Crippen LogP contribution in [-0.4, -0.2) is 17.6 Å². The number of phenolic OH excluding ortho intramolecular Hbond substituents is 1. The third kappa shape index (κ3) is 3.72. The van der Waals surface area contributed by atoms with E-state index < -0.39 is 5.91 Å². The number of phenols is 1. The third-order valence-electron chi connectivity index (χ3n) is 1.97. The summed E-state index contributed by atoms with van der Waals surface area (Å²) in [5.41, 5.74) is 2.39. The zero-order chi connectivity index (χ0) is 12.0. The second-order valence-electron chi connectivity index (χ2n) is 3.29. The van der Waals surface area contributed by atoms with E-state index >= 15 is 0 Å². The van der Waals surface area contributed by atoms with E-state index in [4.69, 9.17) is 16.4 Å². The van der Waals surface area contributed by atoms with Gasteiger partial charge in [0.15, 0.2) is 0 Å². The third-order valence-corrected chi connectivity index (χ3v) is 2.20. The lowest BCUT2D eigenvalue weighted by molar-refractivity contribution is 0.0300. The highest BCUT2D eigenvalue weighted by Crippen LogP contribution is 2.21. The standard InChI is InChI=1S/C11H14ClNO3/c1-2-3-6-16-13-11(15)9-5-4-8(12)7-10(9)14/h4-5,7,14H,2-3,6H2,1H3,(H,13,15). The molecule has 0 aromatic heterocycles. The van der Waals surface area contributed by atoms with E-state index in [-0.39, 0.29) is 11.3 Å². The minimum absolute atomic E-state index is 0.140. The molecule has 0 aliphatic carbocycles. The molecule has 2 N–H and O–H groups in total. The molecule has 4 nitrogen and oxygen atoms in total. The van der Waals surface area contributed by atoms with Gasteiger partial charge in [-0.15, -0.1) is 0 Å². The number of hydrogen-bond acceptors (Lipinski definition) is 3. The lowest BCUT2D eigenvalue weighted by Gasteiger charge is -2.06. The summed E-state index contributed by atoms with van der Waals surface area (Å²) >= 11 is 5.64. The van der Waals surface area contributed by atoms with Gasteiger partial charge in [-0.05, 0) is 24.6 Å². The van der Waals surface area contributed by atoms with Gasteiger partial charge >= 0.3 is 0 Å². The highest BCUT2D eigenvalue weighted by molar-refractivity contribution is 6.30. The predicted molar refractivity (Wildman–Crippen MR) is 61.4 cm³/mol. The Morgan fingerprint density at radius 1 is 1.56 bits per heavy atom. The summed E-state index contributed by atoms with van der Waals surface area (Å²) in [7, 11) is 0. The van der Waals surface area contributed by atoms with Gasteiger partial charge in [0.1, 0.15) is 5.75 Å².